The molecule has 3 aromatic carbocycles. The number of allylic oxidation sites excluding steroid dienone is 1. The Kier molecular flexibility index (Phi) is 3.58. The average Bonchev–Trinajstić information content (AvgIpc) is 3.19. The summed E-state index contributed by atoms with van der Waals surface area (Å²) in [4.78, 5) is 13.5. The lowest BCUT2D eigenvalue weighted by Crippen LogP contribution is -2.33. The second-order valence-corrected chi connectivity index (χ2v) is 9.23. The van der Waals surface area contributed by atoms with Crippen molar-refractivity contribution >= 4 is 27.8 Å². The summed E-state index contributed by atoms with van der Waals surface area (Å²) in [6.07, 6.45) is 1.45. The number of ketones is 1. The third-order valence-corrected chi connectivity index (χ3v) is 6.47. The van der Waals surface area contributed by atoms with Gasteiger partial charge in [0.25, 0.3) is 0 Å². The zero-order chi connectivity index (χ0) is 20.5. The fraction of sp³-hybridized carbons (Fsp3) is 0.269. The number of anilines is 1. The van der Waals surface area contributed by atoms with Crippen molar-refractivity contribution < 1.29 is 14.3 Å². The standard InChI is InChI=1S/C26H23NO3/c1-26(2)12-18-23-17-6-4-3-5-15(17)7-9-19(23)27-25(24(18)20(28)13-26)16-8-10-21-22(11-16)30-14-29-21/h3-11,25,27H,12-14H2,1-2H3/t25-/m0/s1. The van der Waals surface area contributed by atoms with Crippen LogP contribution in [0.25, 0.3) is 16.3 Å². The summed E-state index contributed by atoms with van der Waals surface area (Å²) < 4.78 is 11.1. The molecule has 4 nitrogen and oxygen atoms in total. The van der Waals surface area contributed by atoms with Gasteiger partial charge >= 0.3 is 0 Å². The second kappa shape index (κ2) is 6.11. The zero-order valence-electron chi connectivity index (χ0n) is 17.1. The average molecular weight is 397 g/mol. The molecule has 0 saturated heterocycles. The normalized spacial score (nSPS) is 21.3. The lowest BCUT2D eigenvalue weighted by Gasteiger charge is -2.40. The molecular formula is C26H23NO3. The van der Waals surface area contributed by atoms with Gasteiger partial charge in [0, 0.05) is 23.2 Å². The number of hydrogen-bond acceptors (Lipinski definition) is 4. The molecule has 0 bridgehead atoms. The van der Waals surface area contributed by atoms with Crippen molar-refractivity contribution in [2.24, 2.45) is 5.41 Å². The Morgan fingerprint density at radius 3 is 2.70 bits per heavy atom. The molecule has 0 amide bonds. The Morgan fingerprint density at radius 2 is 1.80 bits per heavy atom. The van der Waals surface area contributed by atoms with E-state index in [1.807, 2.05) is 18.2 Å². The van der Waals surface area contributed by atoms with E-state index in [4.69, 9.17) is 9.47 Å². The maximum absolute atomic E-state index is 13.5. The first-order valence-electron chi connectivity index (χ1n) is 10.4. The van der Waals surface area contributed by atoms with E-state index in [1.54, 1.807) is 0 Å². The van der Waals surface area contributed by atoms with Crippen molar-refractivity contribution in [3.63, 3.8) is 0 Å². The lowest BCUT2D eigenvalue weighted by atomic mass is 9.68. The van der Waals surface area contributed by atoms with Crippen LogP contribution in [-0.4, -0.2) is 12.6 Å². The number of fused-ring (bicyclic) bond motifs is 5. The van der Waals surface area contributed by atoms with Crippen LogP contribution < -0.4 is 14.8 Å². The monoisotopic (exact) mass is 397 g/mol. The Hall–Kier alpha value is -3.27. The van der Waals surface area contributed by atoms with Crippen LogP contribution in [0.3, 0.4) is 0 Å². The Labute approximate surface area is 175 Å². The highest BCUT2D eigenvalue weighted by molar-refractivity contribution is 6.12. The van der Waals surface area contributed by atoms with E-state index in [0.717, 1.165) is 34.7 Å². The number of carbonyl (C=O) groups is 1. The number of Topliss-reactive ketones (excluding diaryl/α,β-unsaturated/α-hetero) is 1. The van der Waals surface area contributed by atoms with Crippen LogP contribution in [0.5, 0.6) is 11.5 Å². The van der Waals surface area contributed by atoms with E-state index in [0.29, 0.717) is 6.42 Å². The van der Waals surface area contributed by atoms with Gasteiger partial charge in [-0.25, -0.2) is 0 Å². The number of ether oxygens (including phenoxy) is 2. The molecule has 30 heavy (non-hydrogen) atoms. The molecule has 2 heterocycles. The van der Waals surface area contributed by atoms with Gasteiger partial charge in [-0.2, -0.15) is 0 Å². The number of benzene rings is 3. The van der Waals surface area contributed by atoms with Crippen LogP contribution in [-0.2, 0) is 4.79 Å². The zero-order valence-corrected chi connectivity index (χ0v) is 17.1. The van der Waals surface area contributed by atoms with Crippen molar-refractivity contribution in [1.82, 2.24) is 0 Å². The molecule has 0 fully saturated rings. The van der Waals surface area contributed by atoms with Crippen molar-refractivity contribution in [3.05, 3.63) is 71.3 Å². The van der Waals surface area contributed by atoms with Gasteiger partial charge in [-0.15, -0.1) is 0 Å². The first kappa shape index (κ1) is 17.6. The molecular weight excluding hydrogens is 374 g/mol. The molecule has 1 atom stereocenters. The Balaban J connectivity index is 1.60. The smallest absolute Gasteiger partial charge is 0.231 e. The number of rotatable bonds is 1. The molecule has 1 N–H and O–H groups in total. The van der Waals surface area contributed by atoms with Crippen LogP contribution in [0.15, 0.2) is 60.2 Å². The Bertz CT molecular complexity index is 1250. The van der Waals surface area contributed by atoms with Crippen LogP contribution in [0, 0.1) is 5.41 Å². The second-order valence-electron chi connectivity index (χ2n) is 9.23. The summed E-state index contributed by atoms with van der Waals surface area (Å²) in [5.41, 5.74) is 5.32. The summed E-state index contributed by atoms with van der Waals surface area (Å²) in [6.45, 7) is 4.63. The van der Waals surface area contributed by atoms with E-state index in [9.17, 15) is 4.79 Å². The molecule has 150 valence electrons. The molecule has 0 aromatic heterocycles. The highest BCUT2D eigenvalue weighted by atomic mass is 16.7. The molecule has 3 aliphatic rings. The Morgan fingerprint density at radius 1 is 0.967 bits per heavy atom. The van der Waals surface area contributed by atoms with Gasteiger partial charge in [-0.05, 0) is 51.9 Å². The summed E-state index contributed by atoms with van der Waals surface area (Å²) in [7, 11) is 0. The molecule has 0 unspecified atom stereocenters. The highest BCUT2D eigenvalue weighted by Gasteiger charge is 2.41. The minimum atomic E-state index is -0.188. The predicted octanol–water partition coefficient (Wildman–Crippen LogP) is 5.88. The third-order valence-electron chi connectivity index (χ3n) is 6.47. The largest absolute Gasteiger partial charge is 0.454 e. The molecule has 1 aliphatic carbocycles. The summed E-state index contributed by atoms with van der Waals surface area (Å²) in [6, 6.07) is 18.5. The fourth-order valence-electron chi connectivity index (χ4n) is 5.18. The minimum absolute atomic E-state index is 0.0547. The van der Waals surface area contributed by atoms with E-state index < -0.39 is 0 Å². The molecule has 2 aliphatic heterocycles. The topological polar surface area (TPSA) is 47.6 Å². The van der Waals surface area contributed by atoms with Crippen LogP contribution >= 0.6 is 0 Å². The van der Waals surface area contributed by atoms with Gasteiger partial charge in [0.15, 0.2) is 17.3 Å². The van der Waals surface area contributed by atoms with E-state index >= 15 is 0 Å². The molecule has 3 aromatic rings. The summed E-state index contributed by atoms with van der Waals surface area (Å²) in [5.74, 6) is 1.73. The molecule has 6 rings (SSSR count). The molecule has 4 heteroatoms. The SMILES string of the molecule is CC1(C)CC(=O)C2=C(C1)c1c(ccc3ccccc13)N[C@H]2c1ccc2c(c1)OCO2. The van der Waals surface area contributed by atoms with Crippen molar-refractivity contribution in [2.45, 2.75) is 32.7 Å². The third kappa shape index (κ3) is 2.56. The fourth-order valence-corrected chi connectivity index (χ4v) is 5.18. The van der Waals surface area contributed by atoms with Crippen molar-refractivity contribution in [2.75, 3.05) is 12.1 Å². The van der Waals surface area contributed by atoms with Crippen molar-refractivity contribution in [1.29, 1.82) is 0 Å². The maximum Gasteiger partial charge on any atom is 0.231 e. The van der Waals surface area contributed by atoms with Gasteiger partial charge in [-0.1, -0.05) is 50.2 Å². The van der Waals surface area contributed by atoms with Gasteiger partial charge in [0.2, 0.25) is 6.79 Å². The molecule has 0 spiro atoms. The van der Waals surface area contributed by atoms with Crippen LogP contribution in [0.1, 0.15) is 43.9 Å². The minimum Gasteiger partial charge on any atom is -0.454 e. The lowest BCUT2D eigenvalue weighted by molar-refractivity contribution is -0.118. The van der Waals surface area contributed by atoms with Gasteiger partial charge in [0.1, 0.15) is 0 Å². The summed E-state index contributed by atoms with van der Waals surface area (Å²) >= 11 is 0. The number of nitrogens with one attached hydrogen (secondary N) is 1. The number of carbonyl (C=O) groups excluding carboxylic acids is 1. The van der Waals surface area contributed by atoms with Gasteiger partial charge in [-0.3, -0.25) is 4.79 Å². The van der Waals surface area contributed by atoms with E-state index in [1.165, 1.54) is 21.9 Å². The van der Waals surface area contributed by atoms with Gasteiger partial charge in [0.05, 0.1) is 6.04 Å². The van der Waals surface area contributed by atoms with E-state index in [2.05, 4.69) is 55.6 Å². The number of hydrogen-bond donors (Lipinski definition) is 1. The molecule has 0 radical (unpaired) electrons. The predicted molar refractivity (Wildman–Crippen MR) is 118 cm³/mol. The summed E-state index contributed by atoms with van der Waals surface area (Å²) in [5, 5.41) is 6.07. The highest BCUT2D eigenvalue weighted by Crippen LogP contribution is 2.52. The first-order valence-corrected chi connectivity index (χ1v) is 10.4. The first-order chi connectivity index (χ1) is 14.5. The van der Waals surface area contributed by atoms with Gasteiger partial charge < -0.3 is 14.8 Å². The maximum atomic E-state index is 13.5. The molecule has 0 saturated carbocycles. The quantitative estimate of drug-likeness (QED) is 0.557. The van der Waals surface area contributed by atoms with Crippen molar-refractivity contribution in [3.8, 4) is 11.5 Å². The van der Waals surface area contributed by atoms with E-state index in [-0.39, 0.29) is 24.0 Å². The van der Waals surface area contributed by atoms with Crippen LogP contribution in [0.2, 0.25) is 0 Å². The van der Waals surface area contributed by atoms with Crippen LogP contribution in [0.4, 0.5) is 5.69 Å².